The fourth-order valence-electron chi connectivity index (χ4n) is 2.09. The van der Waals surface area contributed by atoms with Gasteiger partial charge in [0.1, 0.15) is 36.0 Å². The molecule has 1 rings (SSSR count). The molecular weight excluding hydrogens is 324 g/mol. The number of ether oxygens (including phenoxy) is 2. The maximum Gasteiger partial charge on any atom is 0.408 e. The van der Waals surface area contributed by atoms with E-state index in [4.69, 9.17) is 14.6 Å². The fourth-order valence-corrected chi connectivity index (χ4v) is 2.09. The molecule has 6 N–H and O–H groups in total. The summed E-state index contributed by atoms with van der Waals surface area (Å²) < 4.78 is 9.94. The molecule has 1 aliphatic rings. The van der Waals surface area contributed by atoms with Crippen LogP contribution >= 0.6 is 0 Å². The topological polar surface area (TPSA) is 158 Å². The lowest BCUT2D eigenvalue weighted by atomic mass is 9.97. The number of nitrogens with one attached hydrogen (secondary N) is 2. The maximum absolute atomic E-state index is 12.1. The van der Waals surface area contributed by atoms with Crippen molar-refractivity contribution in [3.8, 4) is 0 Å². The van der Waals surface area contributed by atoms with Crippen LogP contribution in [-0.4, -0.2) is 81.3 Å². The molecule has 140 valence electrons. The first-order valence-electron chi connectivity index (χ1n) is 7.56. The summed E-state index contributed by atoms with van der Waals surface area (Å²) in [5, 5.41) is 43.1. The molecule has 0 spiro atoms. The first-order chi connectivity index (χ1) is 11.0. The monoisotopic (exact) mass is 350 g/mol. The van der Waals surface area contributed by atoms with Gasteiger partial charge in [0.05, 0.1) is 6.61 Å². The highest BCUT2D eigenvalue weighted by atomic mass is 16.6. The highest BCUT2D eigenvalue weighted by molar-refractivity contribution is 5.85. The molecule has 2 amide bonds. The summed E-state index contributed by atoms with van der Waals surface area (Å²) in [4.78, 5) is 23.7. The average molecular weight is 350 g/mol. The number of amides is 2. The van der Waals surface area contributed by atoms with Crippen LogP contribution in [0.25, 0.3) is 0 Å². The Labute approximate surface area is 139 Å². The Bertz CT molecular complexity index is 453. The smallest absolute Gasteiger partial charge is 0.408 e. The lowest BCUT2D eigenvalue weighted by Crippen LogP contribution is -2.65. The lowest BCUT2D eigenvalue weighted by Gasteiger charge is -2.40. The van der Waals surface area contributed by atoms with Gasteiger partial charge >= 0.3 is 6.09 Å². The van der Waals surface area contributed by atoms with Crippen LogP contribution in [0.4, 0.5) is 4.79 Å². The third kappa shape index (κ3) is 5.56. The van der Waals surface area contributed by atoms with Crippen LogP contribution in [0, 0.1) is 0 Å². The van der Waals surface area contributed by atoms with Crippen molar-refractivity contribution in [3.05, 3.63) is 0 Å². The summed E-state index contributed by atoms with van der Waals surface area (Å²) in [6.07, 6.45) is -6.63. The third-order valence-corrected chi connectivity index (χ3v) is 3.34. The lowest BCUT2D eigenvalue weighted by molar-refractivity contribution is -0.253. The molecule has 10 heteroatoms. The molecule has 0 aliphatic carbocycles. The van der Waals surface area contributed by atoms with Crippen molar-refractivity contribution in [2.75, 3.05) is 6.61 Å². The molecule has 24 heavy (non-hydrogen) atoms. The molecule has 1 saturated heterocycles. The number of aliphatic hydroxyl groups excluding tert-OH is 4. The number of hydrogen-bond acceptors (Lipinski definition) is 8. The molecule has 0 bridgehead atoms. The second-order valence-electron chi connectivity index (χ2n) is 6.63. The van der Waals surface area contributed by atoms with Crippen molar-refractivity contribution >= 4 is 12.0 Å². The molecule has 1 fully saturated rings. The second-order valence-corrected chi connectivity index (χ2v) is 6.63. The molecule has 1 aliphatic heterocycles. The molecule has 10 nitrogen and oxygen atoms in total. The van der Waals surface area contributed by atoms with Gasteiger partial charge < -0.3 is 40.5 Å². The number of hydrogen-bond donors (Lipinski definition) is 6. The van der Waals surface area contributed by atoms with Crippen LogP contribution in [0.15, 0.2) is 0 Å². The van der Waals surface area contributed by atoms with Gasteiger partial charge in [0.25, 0.3) is 0 Å². The van der Waals surface area contributed by atoms with E-state index in [9.17, 15) is 24.9 Å². The zero-order valence-corrected chi connectivity index (χ0v) is 14.1. The van der Waals surface area contributed by atoms with Gasteiger partial charge in [-0.05, 0) is 27.7 Å². The first-order valence-corrected chi connectivity index (χ1v) is 7.56. The van der Waals surface area contributed by atoms with Crippen molar-refractivity contribution in [2.24, 2.45) is 0 Å². The quantitative estimate of drug-likeness (QED) is 0.334. The van der Waals surface area contributed by atoms with E-state index in [1.807, 2.05) is 0 Å². The van der Waals surface area contributed by atoms with Crippen LogP contribution in [0.2, 0.25) is 0 Å². The molecule has 1 unspecified atom stereocenters. The highest BCUT2D eigenvalue weighted by Crippen LogP contribution is 2.19. The summed E-state index contributed by atoms with van der Waals surface area (Å²) >= 11 is 0. The molecule has 0 aromatic rings. The van der Waals surface area contributed by atoms with Crippen LogP contribution in [0.5, 0.6) is 0 Å². The second kappa shape index (κ2) is 8.08. The Hall–Kier alpha value is -1.46. The van der Waals surface area contributed by atoms with Crippen molar-refractivity contribution in [1.82, 2.24) is 10.6 Å². The third-order valence-electron chi connectivity index (χ3n) is 3.34. The van der Waals surface area contributed by atoms with Gasteiger partial charge in [0.15, 0.2) is 6.29 Å². The van der Waals surface area contributed by atoms with Crippen LogP contribution in [0.1, 0.15) is 27.7 Å². The summed E-state index contributed by atoms with van der Waals surface area (Å²) in [5.74, 6) is -0.720. The van der Waals surface area contributed by atoms with Crippen LogP contribution < -0.4 is 10.6 Å². The van der Waals surface area contributed by atoms with E-state index in [2.05, 4.69) is 10.6 Å². The largest absolute Gasteiger partial charge is 0.444 e. The molecular formula is C14H26N2O8. The normalized spacial score (nSPS) is 31.9. The van der Waals surface area contributed by atoms with E-state index in [1.54, 1.807) is 20.8 Å². The molecule has 1 heterocycles. The van der Waals surface area contributed by atoms with Gasteiger partial charge in [-0.1, -0.05) is 0 Å². The first kappa shape index (κ1) is 20.6. The molecule has 0 aromatic heterocycles. The minimum absolute atomic E-state index is 0.605. The molecule has 6 atom stereocenters. The summed E-state index contributed by atoms with van der Waals surface area (Å²) in [6.45, 7) is 5.79. The van der Waals surface area contributed by atoms with Crippen LogP contribution in [0.3, 0.4) is 0 Å². The highest BCUT2D eigenvalue weighted by Gasteiger charge is 2.44. The van der Waals surface area contributed by atoms with Crippen molar-refractivity contribution in [3.63, 3.8) is 0 Å². The predicted octanol–water partition coefficient (Wildman–Crippen LogP) is -2.18. The van der Waals surface area contributed by atoms with Gasteiger partial charge in [-0.3, -0.25) is 4.79 Å². The minimum atomic E-state index is -1.63. The van der Waals surface area contributed by atoms with Crippen molar-refractivity contribution in [1.29, 1.82) is 0 Å². The van der Waals surface area contributed by atoms with E-state index >= 15 is 0 Å². The van der Waals surface area contributed by atoms with E-state index in [0.717, 1.165) is 0 Å². The Morgan fingerprint density at radius 3 is 2.29 bits per heavy atom. The SMILES string of the molecule is C[C@H](NC(=O)OC(C)(C)C)C(=O)N[C@H]1C(O)O[C@H](CO)[C@@H](O)[C@@H]1O. The van der Waals surface area contributed by atoms with Gasteiger partial charge in [0, 0.05) is 0 Å². The Kier molecular flexibility index (Phi) is 6.93. The van der Waals surface area contributed by atoms with Gasteiger partial charge in [0.2, 0.25) is 5.91 Å². The number of rotatable bonds is 4. The standard InChI is InChI=1S/C14H26N2O8/c1-6(15-13(22)24-14(2,3)4)11(20)16-8-10(19)9(18)7(5-17)23-12(8)21/h6-10,12,17-19,21H,5H2,1-4H3,(H,15,22)(H,16,20)/t6-,7+,8+,9+,10+,12?/m0/s1. The zero-order chi connectivity index (χ0) is 18.7. The van der Waals surface area contributed by atoms with Gasteiger partial charge in [-0.15, -0.1) is 0 Å². The van der Waals surface area contributed by atoms with Gasteiger partial charge in [-0.2, -0.15) is 0 Å². The Morgan fingerprint density at radius 2 is 1.79 bits per heavy atom. The fraction of sp³-hybridized carbons (Fsp3) is 0.857. The maximum atomic E-state index is 12.1. The predicted molar refractivity (Wildman–Crippen MR) is 80.7 cm³/mol. The van der Waals surface area contributed by atoms with E-state index in [0.29, 0.717) is 0 Å². The number of alkyl carbamates (subject to hydrolysis) is 1. The summed E-state index contributed by atoms with van der Waals surface area (Å²) in [7, 11) is 0. The molecule has 0 aromatic carbocycles. The summed E-state index contributed by atoms with van der Waals surface area (Å²) in [5.41, 5.74) is -0.729. The Balaban J connectivity index is 2.61. The molecule has 0 saturated carbocycles. The average Bonchev–Trinajstić information content (AvgIpc) is 2.44. The summed E-state index contributed by atoms with van der Waals surface area (Å²) in [6, 6.07) is -2.34. The minimum Gasteiger partial charge on any atom is -0.444 e. The van der Waals surface area contributed by atoms with E-state index < -0.39 is 60.9 Å². The van der Waals surface area contributed by atoms with E-state index in [-0.39, 0.29) is 0 Å². The molecule has 0 radical (unpaired) electrons. The number of carbonyl (C=O) groups excluding carboxylic acids is 2. The van der Waals surface area contributed by atoms with E-state index in [1.165, 1.54) is 6.92 Å². The van der Waals surface area contributed by atoms with Crippen molar-refractivity contribution < 1.29 is 39.5 Å². The zero-order valence-electron chi connectivity index (χ0n) is 14.1. The van der Waals surface area contributed by atoms with Crippen LogP contribution in [-0.2, 0) is 14.3 Å². The number of aliphatic hydroxyl groups is 4. The van der Waals surface area contributed by atoms with Gasteiger partial charge in [-0.25, -0.2) is 4.79 Å². The number of carbonyl (C=O) groups is 2. The Morgan fingerprint density at radius 1 is 1.21 bits per heavy atom. The van der Waals surface area contributed by atoms with Crippen molar-refractivity contribution in [2.45, 2.75) is 70.0 Å².